The molecular weight excluding hydrogens is 316 g/mol. The third-order valence-electron chi connectivity index (χ3n) is 3.84. The summed E-state index contributed by atoms with van der Waals surface area (Å²) in [7, 11) is 1.54. The van der Waals surface area contributed by atoms with Crippen LogP contribution in [0.15, 0.2) is 12.1 Å². The first-order valence-electron chi connectivity index (χ1n) is 7.28. The van der Waals surface area contributed by atoms with E-state index in [4.69, 9.17) is 4.74 Å². The van der Waals surface area contributed by atoms with Gasteiger partial charge in [-0.15, -0.1) is 11.3 Å². The van der Waals surface area contributed by atoms with Gasteiger partial charge >= 0.3 is 0 Å². The van der Waals surface area contributed by atoms with Crippen molar-refractivity contribution >= 4 is 28.8 Å². The number of hydrogen-bond acceptors (Lipinski definition) is 6. The molecule has 1 aliphatic heterocycles. The van der Waals surface area contributed by atoms with Gasteiger partial charge in [0.05, 0.1) is 17.6 Å². The Bertz CT molecular complexity index is 661. The van der Waals surface area contributed by atoms with Crippen LogP contribution in [0, 0.1) is 30.1 Å². The number of amides is 1. The summed E-state index contributed by atoms with van der Waals surface area (Å²) < 4.78 is 4.93. The Labute approximate surface area is 138 Å². The number of hydrogen-bond donors (Lipinski definition) is 0. The van der Waals surface area contributed by atoms with Crippen LogP contribution in [-0.4, -0.2) is 49.2 Å². The molecule has 0 aliphatic carbocycles. The maximum absolute atomic E-state index is 12.5. The lowest BCUT2D eigenvalue weighted by molar-refractivity contribution is -0.129. The van der Waals surface area contributed by atoms with Gasteiger partial charge in [-0.2, -0.15) is 5.26 Å². The fourth-order valence-electron chi connectivity index (χ4n) is 2.58. The molecule has 1 saturated heterocycles. The molecule has 0 spiro atoms. The third kappa shape index (κ3) is 3.84. The third-order valence-corrected chi connectivity index (χ3v) is 4.86. The van der Waals surface area contributed by atoms with Crippen molar-refractivity contribution in [2.24, 2.45) is 11.8 Å². The van der Waals surface area contributed by atoms with Gasteiger partial charge < -0.3 is 9.64 Å². The molecule has 0 saturated carbocycles. The summed E-state index contributed by atoms with van der Waals surface area (Å²) in [5.74, 6) is -3.02. The normalized spacial score (nSPS) is 18.7. The molecule has 122 valence electrons. The van der Waals surface area contributed by atoms with Gasteiger partial charge in [0.1, 0.15) is 0 Å². The van der Waals surface area contributed by atoms with Crippen LogP contribution < -0.4 is 0 Å². The van der Waals surface area contributed by atoms with Crippen LogP contribution in [0.3, 0.4) is 0 Å². The Morgan fingerprint density at radius 3 is 2.83 bits per heavy atom. The Morgan fingerprint density at radius 2 is 2.26 bits per heavy atom. The Kier molecular flexibility index (Phi) is 5.64. The molecule has 7 heteroatoms. The van der Waals surface area contributed by atoms with Crippen molar-refractivity contribution in [3.05, 3.63) is 21.9 Å². The lowest BCUT2D eigenvalue weighted by atomic mass is 9.89. The molecule has 1 aromatic rings. The molecule has 2 heterocycles. The molecule has 0 bridgehead atoms. The topological polar surface area (TPSA) is 87.5 Å². The SMILES string of the molecule is COCCN1CC(C(=O)C(C#N)C(=O)c2ccc(C)s2)CC1=O. The van der Waals surface area contributed by atoms with E-state index in [1.54, 1.807) is 17.0 Å². The highest BCUT2D eigenvalue weighted by molar-refractivity contribution is 7.14. The van der Waals surface area contributed by atoms with E-state index in [1.807, 2.05) is 13.0 Å². The second-order valence-electron chi connectivity index (χ2n) is 5.47. The molecule has 2 unspecified atom stereocenters. The van der Waals surface area contributed by atoms with E-state index in [2.05, 4.69) is 0 Å². The number of ketones is 2. The van der Waals surface area contributed by atoms with Crippen molar-refractivity contribution in [2.45, 2.75) is 13.3 Å². The van der Waals surface area contributed by atoms with Gasteiger partial charge in [0.25, 0.3) is 0 Å². The van der Waals surface area contributed by atoms with E-state index >= 15 is 0 Å². The number of Topliss-reactive ketones (excluding diaryl/α,β-unsaturated/α-hetero) is 2. The number of nitriles is 1. The highest BCUT2D eigenvalue weighted by Gasteiger charge is 2.40. The van der Waals surface area contributed by atoms with E-state index in [9.17, 15) is 19.6 Å². The lowest BCUT2D eigenvalue weighted by Crippen LogP contribution is -2.32. The highest BCUT2D eigenvalue weighted by Crippen LogP contribution is 2.25. The molecule has 1 amide bonds. The van der Waals surface area contributed by atoms with Crippen LogP contribution in [0.4, 0.5) is 0 Å². The number of carbonyl (C=O) groups excluding carboxylic acids is 3. The van der Waals surface area contributed by atoms with E-state index in [0.29, 0.717) is 18.0 Å². The van der Waals surface area contributed by atoms with Gasteiger partial charge in [0.2, 0.25) is 5.91 Å². The largest absolute Gasteiger partial charge is 0.383 e. The monoisotopic (exact) mass is 334 g/mol. The predicted octanol–water partition coefficient (Wildman–Crippen LogP) is 1.44. The molecule has 2 atom stereocenters. The molecule has 0 N–H and O–H groups in total. The maximum atomic E-state index is 12.5. The number of rotatable bonds is 7. The second kappa shape index (κ2) is 7.49. The number of aryl methyl sites for hydroxylation is 1. The zero-order valence-corrected chi connectivity index (χ0v) is 13.9. The summed E-state index contributed by atoms with van der Waals surface area (Å²) in [6, 6.07) is 5.22. The van der Waals surface area contributed by atoms with Crippen molar-refractivity contribution in [1.82, 2.24) is 4.90 Å². The Balaban J connectivity index is 2.07. The number of ether oxygens (including phenoxy) is 1. The summed E-state index contributed by atoms with van der Waals surface area (Å²) in [6.07, 6.45) is 0.0531. The van der Waals surface area contributed by atoms with Crippen LogP contribution in [0.1, 0.15) is 21.0 Å². The number of nitrogens with zero attached hydrogens (tertiary/aromatic N) is 2. The van der Waals surface area contributed by atoms with E-state index in [-0.39, 0.29) is 18.9 Å². The number of methoxy groups -OCH3 is 1. The van der Waals surface area contributed by atoms with Crippen molar-refractivity contribution in [3.8, 4) is 6.07 Å². The molecular formula is C16H18N2O4S. The van der Waals surface area contributed by atoms with Crippen LogP contribution in [-0.2, 0) is 14.3 Å². The molecule has 6 nitrogen and oxygen atoms in total. The molecule has 23 heavy (non-hydrogen) atoms. The zero-order valence-electron chi connectivity index (χ0n) is 13.1. The van der Waals surface area contributed by atoms with Crippen LogP contribution in [0.5, 0.6) is 0 Å². The maximum Gasteiger partial charge on any atom is 0.223 e. The molecule has 1 fully saturated rings. The highest BCUT2D eigenvalue weighted by atomic mass is 32.1. The second-order valence-corrected chi connectivity index (χ2v) is 6.76. The van der Waals surface area contributed by atoms with Gasteiger partial charge in [-0.1, -0.05) is 0 Å². The molecule has 0 radical (unpaired) electrons. The lowest BCUT2D eigenvalue weighted by Gasteiger charge is -2.16. The first-order valence-corrected chi connectivity index (χ1v) is 8.10. The van der Waals surface area contributed by atoms with Crippen LogP contribution in [0.2, 0.25) is 0 Å². The molecule has 1 aromatic heterocycles. The van der Waals surface area contributed by atoms with Gasteiger partial charge in [-0.05, 0) is 19.1 Å². The van der Waals surface area contributed by atoms with Crippen molar-refractivity contribution in [1.29, 1.82) is 5.26 Å². The smallest absolute Gasteiger partial charge is 0.223 e. The van der Waals surface area contributed by atoms with Crippen LogP contribution in [0.25, 0.3) is 0 Å². The molecule has 0 aromatic carbocycles. The predicted molar refractivity (Wildman–Crippen MR) is 84.1 cm³/mol. The molecule has 1 aliphatic rings. The average molecular weight is 334 g/mol. The van der Waals surface area contributed by atoms with Crippen molar-refractivity contribution in [2.75, 3.05) is 26.8 Å². The summed E-state index contributed by atoms with van der Waals surface area (Å²) in [4.78, 5) is 39.7. The van der Waals surface area contributed by atoms with E-state index in [1.165, 1.54) is 18.4 Å². The van der Waals surface area contributed by atoms with Crippen LogP contribution >= 0.6 is 11.3 Å². The summed E-state index contributed by atoms with van der Waals surface area (Å²) in [5, 5.41) is 9.26. The Morgan fingerprint density at radius 1 is 1.52 bits per heavy atom. The minimum Gasteiger partial charge on any atom is -0.383 e. The van der Waals surface area contributed by atoms with E-state index in [0.717, 1.165) is 4.88 Å². The first-order chi connectivity index (χ1) is 11.0. The Hall–Kier alpha value is -2.04. The van der Waals surface area contributed by atoms with Gasteiger partial charge in [-0.3, -0.25) is 14.4 Å². The fraction of sp³-hybridized carbons (Fsp3) is 0.500. The first kappa shape index (κ1) is 17.3. The van der Waals surface area contributed by atoms with Crippen molar-refractivity contribution < 1.29 is 19.1 Å². The number of thiophene rings is 1. The van der Waals surface area contributed by atoms with Gasteiger partial charge in [0, 0.05) is 37.4 Å². The quantitative estimate of drug-likeness (QED) is 0.556. The average Bonchev–Trinajstić information content (AvgIpc) is 3.12. The number of likely N-dealkylation sites (tertiary alicyclic amines) is 1. The zero-order chi connectivity index (χ0) is 17.0. The summed E-state index contributed by atoms with van der Waals surface area (Å²) >= 11 is 1.26. The minimum absolute atomic E-state index is 0.0531. The van der Waals surface area contributed by atoms with E-state index < -0.39 is 23.4 Å². The summed E-state index contributed by atoms with van der Waals surface area (Å²) in [5.41, 5.74) is 0. The minimum atomic E-state index is -1.34. The molecule has 2 rings (SSSR count). The standard InChI is InChI=1S/C16H18N2O4S/c1-10-3-4-13(23-10)16(21)12(8-17)15(20)11-7-14(19)18(9-11)5-6-22-2/h3-4,11-12H,5-7,9H2,1-2H3. The van der Waals surface area contributed by atoms with Crippen molar-refractivity contribution in [3.63, 3.8) is 0 Å². The van der Waals surface area contributed by atoms with Gasteiger partial charge in [0.15, 0.2) is 17.5 Å². The number of carbonyl (C=O) groups is 3. The van der Waals surface area contributed by atoms with Gasteiger partial charge in [-0.25, -0.2) is 0 Å². The fourth-order valence-corrected chi connectivity index (χ4v) is 3.41. The summed E-state index contributed by atoms with van der Waals surface area (Å²) in [6.45, 7) is 2.90.